The van der Waals surface area contributed by atoms with E-state index in [-0.39, 0.29) is 18.0 Å². The summed E-state index contributed by atoms with van der Waals surface area (Å²) in [5, 5.41) is 0. The molecule has 1 heterocycles. The number of piperazine rings is 1. The maximum Gasteiger partial charge on any atom is 0.309 e. The van der Waals surface area contributed by atoms with Crippen molar-refractivity contribution >= 4 is 5.97 Å². The Bertz CT molecular complexity index is 604. The molecular weight excluding hydrogens is 360 g/mol. The largest absolute Gasteiger partial charge is 0.458 e. The van der Waals surface area contributed by atoms with E-state index in [1.165, 1.54) is 44.2 Å². The fourth-order valence-electron chi connectivity index (χ4n) is 5.80. The Kier molecular flexibility index (Phi) is 7.00. The van der Waals surface area contributed by atoms with Crippen molar-refractivity contribution in [1.29, 1.82) is 0 Å². The predicted molar refractivity (Wildman–Crippen MR) is 117 cm³/mol. The summed E-state index contributed by atoms with van der Waals surface area (Å²) in [6, 6.07) is 0. The van der Waals surface area contributed by atoms with E-state index in [0.29, 0.717) is 0 Å². The number of esters is 1. The predicted octanol–water partition coefficient (Wildman–Crippen LogP) is 4.62. The molecule has 3 fully saturated rings. The summed E-state index contributed by atoms with van der Waals surface area (Å²) in [6.07, 6.45) is 17.4. The van der Waals surface area contributed by atoms with Crippen molar-refractivity contribution < 1.29 is 9.53 Å². The van der Waals surface area contributed by atoms with E-state index in [0.717, 1.165) is 63.2 Å². The van der Waals surface area contributed by atoms with E-state index in [1.54, 1.807) is 0 Å². The van der Waals surface area contributed by atoms with Crippen LogP contribution in [0.5, 0.6) is 0 Å². The maximum atomic E-state index is 12.7. The molecule has 0 spiro atoms. The number of hydrogen-bond acceptors (Lipinski definition) is 4. The fraction of sp³-hybridized carbons (Fsp3) is 0.800. The highest BCUT2D eigenvalue weighted by molar-refractivity contribution is 5.73. The highest BCUT2D eigenvalue weighted by Gasteiger charge is 2.33. The Labute approximate surface area is 177 Å². The molecule has 4 heteroatoms. The van der Waals surface area contributed by atoms with Gasteiger partial charge in [0.2, 0.25) is 0 Å². The molecule has 0 amide bonds. The monoisotopic (exact) mass is 400 g/mol. The van der Waals surface area contributed by atoms with Gasteiger partial charge in [0, 0.05) is 38.3 Å². The summed E-state index contributed by atoms with van der Waals surface area (Å²) in [6.45, 7) is 6.80. The highest BCUT2D eigenvalue weighted by atomic mass is 16.5. The molecule has 0 aromatic carbocycles. The molecule has 4 aliphatic rings. The number of rotatable bonds is 4. The minimum absolute atomic E-state index is 0.0480. The second kappa shape index (κ2) is 9.68. The normalized spacial score (nSPS) is 36.6. The van der Waals surface area contributed by atoms with Crippen LogP contribution in [0.4, 0.5) is 0 Å². The first-order chi connectivity index (χ1) is 14.1. The number of allylic oxidation sites excluding steroid dienone is 1. The third-order valence-electron chi connectivity index (χ3n) is 8.01. The Morgan fingerprint density at radius 1 is 0.931 bits per heavy atom. The van der Waals surface area contributed by atoms with Crippen molar-refractivity contribution in [2.24, 2.45) is 23.7 Å². The molecule has 1 aliphatic heterocycles. The van der Waals surface area contributed by atoms with Crippen LogP contribution < -0.4 is 0 Å². The molecule has 29 heavy (non-hydrogen) atoms. The molecule has 1 saturated heterocycles. The Hall–Kier alpha value is -1.29. The van der Waals surface area contributed by atoms with Crippen molar-refractivity contribution in [2.45, 2.75) is 70.8 Å². The van der Waals surface area contributed by atoms with Crippen LogP contribution in [-0.4, -0.2) is 55.1 Å². The molecule has 1 atom stereocenters. The second-order valence-corrected chi connectivity index (χ2v) is 10.1. The van der Waals surface area contributed by atoms with E-state index < -0.39 is 0 Å². The summed E-state index contributed by atoms with van der Waals surface area (Å²) in [7, 11) is 2.18. The van der Waals surface area contributed by atoms with Crippen molar-refractivity contribution in [3.8, 4) is 0 Å². The summed E-state index contributed by atoms with van der Waals surface area (Å²) in [4.78, 5) is 17.5. The van der Waals surface area contributed by atoms with Gasteiger partial charge in [-0.05, 0) is 75.5 Å². The minimum Gasteiger partial charge on any atom is -0.458 e. The second-order valence-electron chi connectivity index (χ2n) is 10.1. The van der Waals surface area contributed by atoms with Crippen LogP contribution >= 0.6 is 0 Å². The number of nitrogens with zero attached hydrogens (tertiary/aromatic N) is 2. The molecule has 4 rings (SSSR count). The van der Waals surface area contributed by atoms with Gasteiger partial charge in [-0.1, -0.05) is 25.8 Å². The molecule has 0 N–H and O–H groups in total. The van der Waals surface area contributed by atoms with Crippen molar-refractivity contribution in [3.05, 3.63) is 23.9 Å². The first-order valence-corrected chi connectivity index (χ1v) is 12.1. The number of likely N-dealkylation sites (N-methyl/N-ethyl adjacent to an activating group) is 1. The first-order valence-electron chi connectivity index (χ1n) is 12.1. The average Bonchev–Trinajstić information content (AvgIpc) is 2.76. The summed E-state index contributed by atoms with van der Waals surface area (Å²) in [5.74, 6) is 2.88. The van der Waals surface area contributed by atoms with Gasteiger partial charge in [-0.15, -0.1) is 0 Å². The molecular formula is C25H40N2O2. The lowest BCUT2D eigenvalue weighted by Gasteiger charge is -2.37. The molecule has 1 unspecified atom stereocenters. The van der Waals surface area contributed by atoms with Crippen LogP contribution in [0.1, 0.15) is 64.7 Å². The van der Waals surface area contributed by atoms with Gasteiger partial charge < -0.3 is 14.5 Å². The molecule has 0 aromatic heterocycles. The van der Waals surface area contributed by atoms with Gasteiger partial charge in [0.15, 0.2) is 0 Å². The summed E-state index contributed by atoms with van der Waals surface area (Å²) >= 11 is 0. The van der Waals surface area contributed by atoms with E-state index in [2.05, 4.69) is 42.0 Å². The number of carbonyl (C=O) groups is 1. The smallest absolute Gasteiger partial charge is 0.309 e. The lowest BCUT2D eigenvalue weighted by molar-refractivity contribution is -0.153. The van der Waals surface area contributed by atoms with Crippen LogP contribution in [0.25, 0.3) is 0 Å². The van der Waals surface area contributed by atoms with E-state index in [4.69, 9.17) is 4.74 Å². The number of ether oxygens (including phenoxy) is 1. The van der Waals surface area contributed by atoms with E-state index >= 15 is 0 Å². The summed E-state index contributed by atoms with van der Waals surface area (Å²) < 4.78 is 5.88. The minimum atomic E-state index is -0.0729. The maximum absolute atomic E-state index is 12.7. The quantitative estimate of drug-likeness (QED) is 0.645. The van der Waals surface area contributed by atoms with Crippen LogP contribution in [0.15, 0.2) is 23.9 Å². The van der Waals surface area contributed by atoms with Gasteiger partial charge in [0.25, 0.3) is 0 Å². The van der Waals surface area contributed by atoms with E-state index in [1.807, 2.05) is 0 Å². The lowest BCUT2D eigenvalue weighted by Crippen LogP contribution is -2.43. The fourth-order valence-corrected chi connectivity index (χ4v) is 5.80. The van der Waals surface area contributed by atoms with Gasteiger partial charge in [-0.2, -0.15) is 0 Å². The molecule has 2 saturated carbocycles. The van der Waals surface area contributed by atoms with Gasteiger partial charge >= 0.3 is 5.97 Å². The molecule has 3 aliphatic carbocycles. The Morgan fingerprint density at radius 3 is 2.14 bits per heavy atom. The van der Waals surface area contributed by atoms with Gasteiger partial charge in [0.05, 0.1) is 5.92 Å². The highest BCUT2D eigenvalue weighted by Crippen LogP contribution is 2.41. The van der Waals surface area contributed by atoms with Crippen LogP contribution in [0.2, 0.25) is 0 Å². The van der Waals surface area contributed by atoms with Crippen molar-refractivity contribution in [3.63, 3.8) is 0 Å². The van der Waals surface area contributed by atoms with Gasteiger partial charge in [-0.25, -0.2) is 0 Å². The molecule has 162 valence electrons. The summed E-state index contributed by atoms with van der Waals surface area (Å²) in [5.41, 5.74) is 1.30. The number of carbonyl (C=O) groups excluding carboxylic acids is 1. The topological polar surface area (TPSA) is 32.8 Å². The SMILES string of the molecule is CC1CCC(C2CCC(C(=O)OC3C=CC(N4CCN(C)CC4)=CC3)CC2)CC1. The molecule has 0 bridgehead atoms. The number of hydrogen-bond donors (Lipinski definition) is 0. The molecule has 0 aromatic rings. The van der Waals surface area contributed by atoms with Crippen LogP contribution in [-0.2, 0) is 9.53 Å². The zero-order valence-electron chi connectivity index (χ0n) is 18.5. The van der Waals surface area contributed by atoms with Crippen molar-refractivity contribution in [2.75, 3.05) is 33.2 Å². The third kappa shape index (κ3) is 5.45. The van der Waals surface area contributed by atoms with Gasteiger partial charge in [0.1, 0.15) is 6.10 Å². The molecule has 0 radical (unpaired) electrons. The first kappa shape index (κ1) is 21.0. The standard InChI is InChI=1S/C25H40N2O2/c1-19-3-5-20(6-4-19)21-7-9-22(10-8-21)25(28)29-24-13-11-23(12-14-24)27-17-15-26(2)16-18-27/h11-13,19-22,24H,3-10,14-18H2,1-2H3. The lowest BCUT2D eigenvalue weighted by atomic mass is 9.69. The van der Waals surface area contributed by atoms with Crippen molar-refractivity contribution in [1.82, 2.24) is 9.80 Å². The average molecular weight is 401 g/mol. The zero-order chi connectivity index (χ0) is 20.2. The molecule has 4 nitrogen and oxygen atoms in total. The zero-order valence-corrected chi connectivity index (χ0v) is 18.5. The Balaban J connectivity index is 1.18. The van der Waals surface area contributed by atoms with Gasteiger partial charge in [-0.3, -0.25) is 4.79 Å². The van der Waals surface area contributed by atoms with Crippen LogP contribution in [0.3, 0.4) is 0 Å². The van der Waals surface area contributed by atoms with E-state index in [9.17, 15) is 4.79 Å². The Morgan fingerprint density at radius 2 is 1.55 bits per heavy atom. The van der Waals surface area contributed by atoms with Crippen LogP contribution in [0, 0.1) is 23.7 Å². The third-order valence-corrected chi connectivity index (χ3v) is 8.01.